The lowest BCUT2D eigenvalue weighted by Gasteiger charge is -2.36. The van der Waals surface area contributed by atoms with Crippen LogP contribution in [-0.2, 0) is 0 Å². The predicted octanol–water partition coefficient (Wildman–Crippen LogP) is 3.24. The number of hydrogen-bond donors (Lipinski definition) is 1. The summed E-state index contributed by atoms with van der Waals surface area (Å²) in [6, 6.07) is 5.13. The monoisotopic (exact) mass is 275 g/mol. The molecule has 0 aliphatic carbocycles. The molecule has 1 unspecified atom stereocenters. The molecule has 2 heterocycles. The first kappa shape index (κ1) is 15.5. The van der Waals surface area contributed by atoms with Crippen LogP contribution in [0.5, 0.6) is 0 Å². The Balaban J connectivity index is 1.79. The standard InChI is InChI=1S/C17H29N3/c1-4-10-20-11-7-16(8-12-20)14(2)19-15(3)17-6-5-9-18-13-17/h5-6,9,13-16,19H,4,7-8,10-12H2,1-3H3/t14?,15-/m1/s1. The Kier molecular flexibility index (Phi) is 5.99. The minimum Gasteiger partial charge on any atom is -0.307 e. The SMILES string of the molecule is CCCN1CCC(C(C)N[C@H](C)c2cccnc2)CC1. The van der Waals surface area contributed by atoms with Gasteiger partial charge in [-0.15, -0.1) is 0 Å². The summed E-state index contributed by atoms with van der Waals surface area (Å²) < 4.78 is 0. The average Bonchev–Trinajstić information content (AvgIpc) is 2.49. The summed E-state index contributed by atoms with van der Waals surface area (Å²) in [6.45, 7) is 10.6. The van der Waals surface area contributed by atoms with Crippen LogP contribution in [-0.4, -0.2) is 35.6 Å². The van der Waals surface area contributed by atoms with Crippen LogP contribution in [0.3, 0.4) is 0 Å². The maximum absolute atomic E-state index is 4.21. The summed E-state index contributed by atoms with van der Waals surface area (Å²) in [5.74, 6) is 0.808. The number of hydrogen-bond acceptors (Lipinski definition) is 3. The molecule has 0 radical (unpaired) electrons. The van der Waals surface area contributed by atoms with Crippen molar-refractivity contribution in [2.24, 2.45) is 5.92 Å². The summed E-state index contributed by atoms with van der Waals surface area (Å²) in [6.07, 6.45) is 7.73. The van der Waals surface area contributed by atoms with Gasteiger partial charge in [0.25, 0.3) is 0 Å². The van der Waals surface area contributed by atoms with E-state index in [9.17, 15) is 0 Å². The maximum Gasteiger partial charge on any atom is 0.0315 e. The molecule has 0 aromatic carbocycles. The lowest BCUT2D eigenvalue weighted by atomic mass is 9.89. The first-order chi connectivity index (χ1) is 9.70. The Morgan fingerprint density at radius 2 is 2.10 bits per heavy atom. The van der Waals surface area contributed by atoms with E-state index in [1.165, 1.54) is 44.5 Å². The van der Waals surface area contributed by atoms with E-state index in [0.717, 1.165) is 5.92 Å². The molecule has 0 saturated carbocycles. The van der Waals surface area contributed by atoms with Crippen molar-refractivity contribution in [3.8, 4) is 0 Å². The van der Waals surface area contributed by atoms with Gasteiger partial charge >= 0.3 is 0 Å². The highest BCUT2D eigenvalue weighted by atomic mass is 15.1. The molecule has 3 heteroatoms. The molecule has 0 amide bonds. The van der Waals surface area contributed by atoms with Crippen LogP contribution in [0.1, 0.15) is 51.6 Å². The number of nitrogens with one attached hydrogen (secondary N) is 1. The van der Waals surface area contributed by atoms with Crippen LogP contribution < -0.4 is 5.32 Å². The minimum absolute atomic E-state index is 0.382. The number of pyridine rings is 1. The van der Waals surface area contributed by atoms with Crippen molar-refractivity contribution < 1.29 is 0 Å². The molecule has 1 aromatic rings. The highest BCUT2D eigenvalue weighted by Gasteiger charge is 2.24. The first-order valence-electron chi connectivity index (χ1n) is 8.09. The molecule has 2 rings (SSSR count). The second kappa shape index (κ2) is 7.75. The van der Waals surface area contributed by atoms with Crippen LogP contribution in [0, 0.1) is 5.92 Å². The number of rotatable bonds is 6. The minimum atomic E-state index is 0.382. The zero-order chi connectivity index (χ0) is 14.4. The van der Waals surface area contributed by atoms with Crippen molar-refractivity contribution in [3.05, 3.63) is 30.1 Å². The summed E-state index contributed by atoms with van der Waals surface area (Å²) in [4.78, 5) is 6.81. The third-order valence-corrected chi connectivity index (χ3v) is 4.58. The van der Waals surface area contributed by atoms with Crippen LogP contribution >= 0.6 is 0 Å². The molecule has 1 fully saturated rings. The predicted molar refractivity (Wildman–Crippen MR) is 84.7 cm³/mol. The smallest absolute Gasteiger partial charge is 0.0315 e. The summed E-state index contributed by atoms with van der Waals surface area (Å²) in [5, 5.41) is 3.75. The third kappa shape index (κ3) is 4.29. The highest BCUT2D eigenvalue weighted by Crippen LogP contribution is 2.23. The fraction of sp³-hybridized carbons (Fsp3) is 0.706. The Bertz CT molecular complexity index is 371. The van der Waals surface area contributed by atoms with Gasteiger partial charge in [-0.1, -0.05) is 13.0 Å². The van der Waals surface area contributed by atoms with Gasteiger partial charge in [0, 0.05) is 24.5 Å². The molecule has 1 aliphatic rings. The lowest BCUT2D eigenvalue weighted by molar-refractivity contribution is 0.159. The molecule has 1 aliphatic heterocycles. The number of aromatic nitrogens is 1. The van der Waals surface area contributed by atoms with E-state index in [0.29, 0.717) is 12.1 Å². The third-order valence-electron chi connectivity index (χ3n) is 4.58. The molecular formula is C17H29N3. The van der Waals surface area contributed by atoms with Gasteiger partial charge in [-0.25, -0.2) is 0 Å². The van der Waals surface area contributed by atoms with Crippen LogP contribution in [0.25, 0.3) is 0 Å². The van der Waals surface area contributed by atoms with E-state index in [4.69, 9.17) is 0 Å². The van der Waals surface area contributed by atoms with Gasteiger partial charge < -0.3 is 10.2 Å². The van der Waals surface area contributed by atoms with E-state index in [-0.39, 0.29) is 0 Å². The summed E-state index contributed by atoms with van der Waals surface area (Å²) >= 11 is 0. The fourth-order valence-corrected chi connectivity index (χ4v) is 3.25. The second-order valence-corrected chi connectivity index (χ2v) is 6.14. The normalized spacial score (nSPS) is 20.8. The Hall–Kier alpha value is -0.930. The van der Waals surface area contributed by atoms with E-state index >= 15 is 0 Å². The van der Waals surface area contributed by atoms with Crippen LogP contribution in [0.4, 0.5) is 0 Å². The van der Waals surface area contributed by atoms with E-state index < -0.39 is 0 Å². The summed E-state index contributed by atoms with van der Waals surface area (Å²) in [7, 11) is 0. The topological polar surface area (TPSA) is 28.2 Å². The van der Waals surface area contributed by atoms with Gasteiger partial charge in [-0.2, -0.15) is 0 Å². The van der Waals surface area contributed by atoms with E-state index in [2.05, 4.69) is 42.0 Å². The highest BCUT2D eigenvalue weighted by molar-refractivity contribution is 5.13. The molecule has 1 N–H and O–H groups in total. The van der Waals surface area contributed by atoms with Crippen molar-refractivity contribution in [2.45, 2.75) is 52.1 Å². The van der Waals surface area contributed by atoms with Gasteiger partial charge in [0.05, 0.1) is 0 Å². The molecule has 0 bridgehead atoms. The summed E-state index contributed by atoms with van der Waals surface area (Å²) in [5.41, 5.74) is 1.28. The van der Waals surface area contributed by atoms with Crippen molar-refractivity contribution in [2.75, 3.05) is 19.6 Å². The fourth-order valence-electron chi connectivity index (χ4n) is 3.25. The van der Waals surface area contributed by atoms with Crippen molar-refractivity contribution in [1.29, 1.82) is 0 Å². The average molecular weight is 275 g/mol. The van der Waals surface area contributed by atoms with Crippen LogP contribution in [0.2, 0.25) is 0 Å². The van der Waals surface area contributed by atoms with Gasteiger partial charge in [0.1, 0.15) is 0 Å². The van der Waals surface area contributed by atoms with Gasteiger partial charge in [0.15, 0.2) is 0 Å². The molecule has 20 heavy (non-hydrogen) atoms. The van der Waals surface area contributed by atoms with Crippen molar-refractivity contribution >= 4 is 0 Å². The van der Waals surface area contributed by atoms with E-state index in [1.54, 1.807) is 0 Å². The molecule has 1 aromatic heterocycles. The van der Waals surface area contributed by atoms with Gasteiger partial charge in [-0.3, -0.25) is 4.98 Å². The number of piperidine rings is 1. The quantitative estimate of drug-likeness (QED) is 0.864. The zero-order valence-corrected chi connectivity index (χ0v) is 13.2. The molecular weight excluding hydrogens is 246 g/mol. The second-order valence-electron chi connectivity index (χ2n) is 6.14. The van der Waals surface area contributed by atoms with Gasteiger partial charge in [-0.05, 0) is 70.3 Å². The molecule has 1 saturated heterocycles. The Labute approximate surface area is 123 Å². The van der Waals surface area contributed by atoms with Gasteiger partial charge in [0.2, 0.25) is 0 Å². The first-order valence-corrected chi connectivity index (χ1v) is 8.09. The maximum atomic E-state index is 4.21. The Morgan fingerprint density at radius 1 is 1.35 bits per heavy atom. The molecule has 3 nitrogen and oxygen atoms in total. The van der Waals surface area contributed by atoms with Crippen molar-refractivity contribution in [1.82, 2.24) is 15.2 Å². The molecule has 112 valence electrons. The largest absolute Gasteiger partial charge is 0.307 e. The zero-order valence-electron chi connectivity index (χ0n) is 13.2. The Morgan fingerprint density at radius 3 is 2.70 bits per heavy atom. The lowest BCUT2D eigenvalue weighted by Crippen LogP contribution is -2.42. The van der Waals surface area contributed by atoms with E-state index in [1.807, 2.05) is 18.5 Å². The molecule has 0 spiro atoms. The number of likely N-dealkylation sites (tertiary alicyclic amines) is 1. The molecule has 2 atom stereocenters. The van der Waals surface area contributed by atoms with Crippen LogP contribution in [0.15, 0.2) is 24.5 Å². The van der Waals surface area contributed by atoms with Crippen molar-refractivity contribution in [3.63, 3.8) is 0 Å². The number of nitrogens with zero attached hydrogens (tertiary/aromatic N) is 2.